The maximum Gasteiger partial charge on any atom is 0.0451 e. The Bertz CT molecular complexity index is 211. The van der Waals surface area contributed by atoms with Crippen molar-refractivity contribution < 1.29 is 5.21 Å². The predicted molar refractivity (Wildman–Crippen MR) is 58.4 cm³/mol. The van der Waals surface area contributed by atoms with E-state index < -0.39 is 0 Å². The van der Waals surface area contributed by atoms with Crippen LogP contribution in [0.3, 0.4) is 0 Å². The summed E-state index contributed by atoms with van der Waals surface area (Å²) in [5, 5.41) is 11.6. The number of rotatable bonds is 2. The molecule has 0 radical (unpaired) electrons. The molecule has 0 aromatic rings. The lowest BCUT2D eigenvalue weighted by Crippen LogP contribution is -2.48. The van der Waals surface area contributed by atoms with Crippen LogP contribution in [0.25, 0.3) is 0 Å². The summed E-state index contributed by atoms with van der Waals surface area (Å²) in [6.07, 6.45) is 1.05. The van der Waals surface area contributed by atoms with Crippen LogP contribution in [0.1, 0.15) is 34.1 Å². The third-order valence-electron chi connectivity index (χ3n) is 3.45. The summed E-state index contributed by atoms with van der Waals surface area (Å²) in [6, 6.07) is 0. The lowest BCUT2D eigenvalue weighted by molar-refractivity contribution is -0.197. The summed E-state index contributed by atoms with van der Waals surface area (Å²) in [5.74, 6) is 0.525. The van der Waals surface area contributed by atoms with E-state index in [1.807, 2.05) is 0 Å². The molecule has 3 heteroatoms. The average Bonchev–Trinajstić information content (AvgIpc) is 2.12. The molecule has 1 aliphatic heterocycles. The minimum Gasteiger partial charge on any atom is -0.313 e. The quantitative estimate of drug-likeness (QED) is 0.736. The molecule has 0 bridgehead atoms. The van der Waals surface area contributed by atoms with Gasteiger partial charge in [-0.1, -0.05) is 0 Å². The smallest absolute Gasteiger partial charge is 0.0451 e. The zero-order chi connectivity index (χ0) is 11.1. The van der Waals surface area contributed by atoms with E-state index in [1.54, 1.807) is 0 Å². The van der Waals surface area contributed by atoms with E-state index in [9.17, 15) is 5.21 Å². The molecule has 0 aromatic carbocycles. The molecule has 1 fully saturated rings. The van der Waals surface area contributed by atoms with Crippen molar-refractivity contribution in [3.8, 4) is 0 Å². The second kappa shape index (κ2) is 3.47. The second-order valence-electron chi connectivity index (χ2n) is 5.94. The maximum atomic E-state index is 10.1. The third kappa shape index (κ3) is 1.95. The van der Waals surface area contributed by atoms with E-state index >= 15 is 0 Å². The highest BCUT2D eigenvalue weighted by atomic mass is 16.5. The van der Waals surface area contributed by atoms with Crippen LogP contribution in [0.15, 0.2) is 0 Å². The van der Waals surface area contributed by atoms with E-state index in [0.29, 0.717) is 5.92 Å². The highest BCUT2D eigenvalue weighted by Crippen LogP contribution is 2.43. The first kappa shape index (κ1) is 12.0. The van der Waals surface area contributed by atoms with E-state index in [1.165, 1.54) is 5.06 Å². The Morgan fingerprint density at radius 3 is 2.07 bits per heavy atom. The minimum atomic E-state index is -0.117. The van der Waals surface area contributed by atoms with Crippen LogP contribution in [-0.4, -0.2) is 46.9 Å². The topological polar surface area (TPSA) is 26.7 Å². The summed E-state index contributed by atoms with van der Waals surface area (Å²) in [7, 11) is 4.17. The second-order valence-corrected chi connectivity index (χ2v) is 5.94. The number of hydrogen-bond acceptors (Lipinski definition) is 3. The molecule has 1 rings (SSSR count). The fourth-order valence-corrected chi connectivity index (χ4v) is 2.62. The van der Waals surface area contributed by atoms with Gasteiger partial charge in [-0.15, -0.1) is 0 Å². The molecule has 1 atom stereocenters. The van der Waals surface area contributed by atoms with Crippen molar-refractivity contribution in [2.45, 2.75) is 45.2 Å². The van der Waals surface area contributed by atoms with Crippen LogP contribution < -0.4 is 0 Å². The van der Waals surface area contributed by atoms with Crippen molar-refractivity contribution in [2.24, 2.45) is 5.92 Å². The van der Waals surface area contributed by atoms with E-state index in [0.717, 1.165) is 13.0 Å². The van der Waals surface area contributed by atoms with Crippen LogP contribution in [0, 0.1) is 5.92 Å². The lowest BCUT2D eigenvalue weighted by Gasteiger charge is -2.36. The minimum absolute atomic E-state index is 0.0931. The van der Waals surface area contributed by atoms with Gasteiger partial charge in [0.05, 0.1) is 0 Å². The summed E-state index contributed by atoms with van der Waals surface area (Å²) < 4.78 is 0. The van der Waals surface area contributed by atoms with Crippen LogP contribution in [0.4, 0.5) is 0 Å². The molecule has 1 unspecified atom stereocenters. The molecule has 84 valence electrons. The highest BCUT2D eigenvalue weighted by molar-refractivity contribution is 5.02. The van der Waals surface area contributed by atoms with Gasteiger partial charge in [-0.25, -0.2) is 0 Å². The molecule has 1 saturated heterocycles. The fourth-order valence-electron chi connectivity index (χ4n) is 2.62. The largest absolute Gasteiger partial charge is 0.313 e. The van der Waals surface area contributed by atoms with Crippen molar-refractivity contribution in [1.29, 1.82) is 0 Å². The summed E-state index contributed by atoms with van der Waals surface area (Å²) in [4.78, 5) is 2.20. The van der Waals surface area contributed by atoms with Crippen LogP contribution >= 0.6 is 0 Å². The molecule has 3 nitrogen and oxygen atoms in total. The zero-order valence-corrected chi connectivity index (χ0v) is 10.3. The van der Waals surface area contributed by atoms with Gasteiger partial charge >= 0.3 is 0 Å². The van der Waals surface area contributed by atoms with Gasteiger partial charge in [-0.05, 0) is 54.1 Å². The molecular formula is C11H24N2O. The van der Waals surface area contributed by atoms with Gasteiger partial charge < -0.3 is 10.1 Å². The Hall–Kier alpha value is -0.120. The fraction of sp³-hybridized carbons (Fsp3) is 1.00. The van der Waals surface area contributed by atoms with Crippen molar-refractivity contribution in [1.82, 2.24) is 9.96 Å². The first-order valence-corrected chi connectivity index (χ1v) is 5.32. The molecule has 0 amide bonds. The first-order chi connectivity index (χ1) is 6.18. The Morgan fingerprint density at radius 1 is 1.29 bits per heavy atom. The maximum absolute atomic E-state index is 10.1. The van der Waals surface area contributed by atoms with Gasteiger partial charge in [0.25, 0.3) is 0 Å². The third-order valence-corrected chi connectivity index (χ3v) is 3.45. The molecule has 0 aliphatic carbocycles. The van der Waals surface area contributed by atoms with E-state index in [4.69, 9.17) is 0 Å². The highest BCUT2D eigenvalue weighted by Gasteiger charge is 2.50. The molecule has 0 saturated carbocycles. The van der Waals surface area contributed by atoms with Crippen molar-refractivity contribution in [3.63, 3.8) is 0 Å². The SMILES string of the molecule is CN(C)CC1CC(C)(C)N(O)C1(C)C. The monoisotopic (exact) mass is 200 g/mol. The van der Waals surface area contributed by atoms with Gasteiger partial charge in [-0.2, -0.15) is 5.06 Å². The zero-order valence-electron chi connectivity index (χ0n) is 10.3. The Kier molecular flexibility index (Phi) is 2.96. The van der Waals surface area contributed by atoms with E-state index in [2.05, 4.69) is 46.7 Å². The standard InChI is InChI=1S/C11H24N2O/c1-10(2)7-9(8-12(5)6)11(3,4)13(10)14/h9,14H,7-8H2,1-6H3. The molecule has 1 aliphatic rings. The Labute approximate surface area is 87.7 Å². The average molecular weight is 200 g/mol. The molecule has 0 aromatic heterocycles. The van der Waals surface area contributed by atoms with Gasteiger partial charge in [0, 0.05) is 17.6 Å². The number of nitrogens with zero attached hydrogens (tertiary/aromatic N) is 2. The predicted octanol–water partition coefficient (Wildman–Crippen LogP) is 1.82. The Morgan fingerprint density at radius 2 is 1.79 bits per heavy atom. The lowest BCUT2D eigenvalue weighted by atomic mass is 9.87. The molecule has 1 heterocycles. The molecule has 0 spiro atoms. The molecular weight excluding hydrogens is 176 g/mol. The normalized spacial score (nSPS) is 31.3. The van der Waals surface area contributed by atoms with Gasteiger partial charge in [-0.3, -0.25) is 0 Å². The summed E-state index contributed by atoms with van der Waals surface area (Å²) in [5.41, 5.74) is -0.210. The summed E-state index contributed by atoms with van der Waals surface area (Å²) >= 11 is 0. The van der Waals surface area contributed by atoms with Crippen LogP contribution in [0.2, 0.25) is 0 Å². The van der Waals surface area contributed by atoms with Crippen LogP contribution in [0.5, 0.6) is 0 Å². The first-order valence-electron chi connectivity index (χ1n) is 5.32. The Balaban J connectivity index is 2.80. The van der Waals surface area contributed by atoms with Crippen molar-refractivity contribution >= 4 is 0 Å². The van der Waals surface area contributed by atoms with Crippen molar-refractivity contribution in [3.05, 3.63) is 0 Å². The molecule has 14 heavy (non-hydrogen) atoms. The van der Waals surface area contributed by atoms with Crippen molar-refractivity contribution in [2.75, 3.05) is 20.6 Å². The summed E-state index contributed by atoms with van der Waals surface area (Å²) in [6.45, 7) is 9.48. The van der Waals surface area contributed by atoms with Gasteiger partial charge in [0.1, 0.15) is 0 Å². The molecule has 1 N–H and O–H groups in total. The number of hydroxylamine groups is 2. The van der Waals surface area contributed by atoms with Gasteiger partial charge in [0.15, 0.2) is 0 Å². The van der Waals surface area contributed by atoms with Crippen LogP contribution in [-0.2, 0) is 0 Å². The number of hydrogen-bond donors (Lipinski definition) is 1. The van der Waals surface area contributed by atoms with Gasteiger partial charge in [0.2, 0.25) is 0 Å². The van der Waals surface area contributed by atoms with E-state index in [-0.39, 0.29) is 11.1 Å².